The van der Waals surface area contributed by atoms with Gasteiger partial charge in [0.05, 0.1) is 22.8 Å². The lowest BCUT2D eigenvalue weighted by atomic mass is 9.86. The predicted octanol–water partition coefficient (Wildman–Crippen LogP) is 4.37. The van der Waals surface area contributed by atoms with E-state index in [1.807, 2.05) is 6.07 Å². The van der Waals surface area contributed by atoms with Crippen LogP contribution in [0.1, 0.15) is 25.8 Å². The van der Waals surface area contributed by atoms with Gasteiger partial charge in [-0.15, -0.1) is 11.8 Å². The largest absolute Gasteiger partial charge is 0.422 e. The Balaban J connectivity index is 2.10. The van der Waals surface area contributed by atoms with Gasteiger partial charge in [0, 0.05) is 18.4 Å². The standard InChI is InChI=1S/C27H27F4N3O3S2/c1-25(2,28)15-23-24(35)33-21(16-32)17-38-14-4-13-26(34-23,27(29,30)31)20-9-5-18(6-10-20)19-7-11-22(12-8-19)39(3,36)37/h5-12,21,23,34H,14-15,17H2,1-3H3,(H,33,35)/t21-,23+,26+/m1/s1. The third-order valence-corrected chi connectivity index (χ3v) is 8.01. The Morgan fingerprint density at radius 1 is 1.08 bits per heavy atom. The van der Waals surface area contributed by atoms with E-state index in [9.17, 15) is 36.0 Å². The molecule has 0 aliphatic carbocycles. The van der Waals surface area contributed by atoms with Crippen LogP contribution in [0.3, 0.4) is 0 Å². The van der Waals surface area contributed by atoms with Crippen molar-refractivity contribution < 1.29 is 30.8 Å². The van der Waals surface area contributed by atoms with Crippen molar-refractivity contribution in [2.24, 2.45) is 0 Å². The Morgan fingerprint density at radius 2 is 1.64 bits per heavy atom. The van der Waals surface area contributed by atoms with Crippen LogP contribution in [-0.4, -0.2) is 56.0 Å². The Hall–Kier alpha value is -3.06. The van der Waals surface area contributed by atoms with Gasteiger partial charge in [-0.2, -0.15) is 18.4 Å². The topological polar surface area (TPSA) is 99.1 Å². The van der Waals surface area contributed by atoms with Crippen molar-refractivity contribution in [2.75, 3.05) is 17.8 Å². The summed E-state index contributed by atoms with van der Waals surface area (Å²) >= 11 is 1.10. The fraction of sp³-hybridized carbons (Fsp3) is 0.407. The molecule has 0 unspecified atom stereocenters. The number of benzene rings is 2. The van der Waals surface area contributed by atoms with Gasteiger partial charge >= 0.3 is 6.18 Å². The van der Waals surface area contributed by atoms with Crippen molar-refractivity contribution in [1.29, 1.82) is 5.26 Å². The fourth-order valence-electron chi connectivity index (χ4n) is 4.05. The number of carbonyl (C=O) groups is 1. The molecule has 2 N–H and O–H groups in total. The molecular weight excluding hydrogens is 554 g/mol. The van der Waals surface area contributed by atoms with Crippen LogP contribution >= 0.6 is 11.8 Å². The highest BCUT2D eigenvalue weighted by molar-refractivity contribution is 7.99. The van der Waals surface area contributed by atoms with Crippen molar-refractivity contribution in [1.82, 2.24) is 10.6 Å². The van der Waals surface area contributed by atoms with Crippen LogP contribution < -0.4 is 10.6 Å². The summed E-state index contributed by atoms with van der Waals surface area (Å²) in [4.78, 5) is 13.1. The second kappa shape index (κ2) is 11.6. The van der Waals surface area contributed by atoms with Gasteiger partial charge in [0.2, 0.25) is 11.4 Å². The van der Waals surface area contributed by atoms with Crippen molar-refractivity contribution in [3.05, 3.63) is 54.1 Å². The molecule has 3 rings (SSSR count). The zero-order chi connectivity index (χ0) is 29.1. The van der Waals surface area contributed by atoms with Gasteiger partial charge in [-0.1, -0.05) is 48.2 Å². The monoisotopic (exact) mass is 581 g/mol. The van der Waals surface area contributed by atoms with E-state index in [0.717, 1.165) is 31.9 Å². The molecule has 12 heteroatoms. The lowest BCUT2D eigenvalue weighted by Crippen LogP contribution is -2.61. The Morgan fingerprint density at radius 3 is 2.13 bits per heavy atom. The molecular formula is C27H27F4N3O3S2. The first kappa shape index (κ1) is 30.5. The van der Waals surface area contributed by atoms with Gasteiger partial charge in [-0.3, -0.25) is 10.1 Å². The third kappa shape index (κ3) is 7.53. The number of alkyl halides is 4. The van der Waals surface area contributed by atoms with Gasteiger partial charge in [-0.05, 0) is 42.7 Å². The van der Waals surface area contributed by atoms with E-state index in [0.29, 0.717) is 11.1 Å². The summed E-state index contributed by atoms with van der Waals surface area (Å²) in [5.74, 6) is 3.94. The third-order valence-electron chi connectivity index (χ3n) is 5.96. The molecule has 208 valence electrons. The zero-order valence-corrected chi connectivity index (χ0v) is 23.0. The summed E-state index contributed by atoms with van der Waals surface area (Å²) < 4.78 is 82.8. The summed E-state index contributed by atoms with van der Waals surface area (Å²) in [6.07, 6.45) is -4.56. The molecule has 3 atom stereocenters. The fourth-order valence-corrected chi connectivity index (χ4v) is 5.37. The Kier molecular flexibility index (Phi) is 9.06. The lowest BCUT2D eigenvalue weighted by Gasteiger charge is -2.37. The molecule has 0 spiro atoms. The van der Waals surface area contributed by atoms with Gasteiger partial charge in [0.1, 0.15) is 11.7 Å². The maximum atomic E-state index is 14.9. The number of nitrogens with zero attached hydrogens (tertiary/aromatic N) is 1. The van der Waals surface area contributed by atoms with Gasteiger partial charge < -0.3 is 5.32 Å². The number of thioether (sulfide) groups is 1. The number of hydrogen-bond acceptors (Lipinski definition) is 6. The van der Waals surface area contributed by atoms with Crippen LogP contribution in [0, 0.1) is 23.2 Å². The van der Waals surface area contributed by atoms with Crippen LogP contribution in [0.4, 0.5) is 17.6 Å². The molecule has 0 bridgehead atoms. The average Bonchev–Trinajstić information content (AvgIpc) is 2.87. The number of rotatable bonds is 5. The molecule has 1 amide bonds. The van der Waals surface area contributed by atoms with E-state index in [2.05, 4.69) is 22.5 Å². The van der Waals surface area contributed by atoms with E-state index < -0.39 is 51.6 Å². The van der Waals surface area contributed by atoms with Gasteiger partial charge in [0.25, 0.3) is 0 Å². The van der Waals surface area contributed by atoms with Crippen molar-refractivity contribution >= 4 is 27.5 Å². The summed E-state index contributed by atoms with van der Waals surface area (Å²) in [6.45, 7) is 2.30. The highest BCUT2D eigenvalue weighted by Crippen LogP contribution is 2.40. The second-order valence-corrected chi connectivity index (χ2v) is 12.8. The van der Waals surface area contributed by atoms with E-state index in [4.69, 9.17) is 0 Å². The minimum atomic E-state index is -5.02. The first-order chi connectivity index (χ1) is 18.1. The van der Waals surface area contributed by atoms with Crippen molar-refractivity contribution in [3.8, 4) is 29.0 Å². The summed E-state index contributed by atoms with van der Waals surface area (Å²) in [5, 5.41) is 14.1. The molecule has 0 aromatic heterocycles. The van der Waals surface area contributed by atoms with Crippen LogP contribution in [0.2, 0.25) is 0 Å². The Labute approximate surface area is 229 Å². The number of hydrogen-bond donors (Lipinski definition) is 2. The number of halogens is 4. The molecule has 6 nitrogen and oxygen atoms in total. The molecule has 39 heavy (non-hydrogen) atoms. The minimum absolute atomic E-state index is 0.0302. The maximum absolute atomic E-state index is 14.9. The molecule has 0 saturated carbocycles. The summed E-state index contributed by atoms with van der Waals surface area (Å²) in [5.41, 5.74) is -4.25. The summed E-state index contributed by atoms with van der Waals surface area (Å²) in [7, 11) is -3.42. The van der Waals surface area contributed by atoms with Crippen LogP contribution in [-0.2, 0) is 20.2 Å². The number of amides is 1. The number of carbonyl (C=O) groups excluding carboxylic acids is 1. The molecule has 1 aliphatic heterocycles. The van der Waals surface area contributed by atoms with Crippen LogP contribution in [0.5, 0.6) is 0 Å². The van der Waals surface area contributed by atoms with Crippen molar-refractivity contribution in [3.63, 3.8) is 0 Å². The molecule has 2 aromatic carbocycles. The molecule has 0 fully saturated rings. The SMILES string of the molecule is CC(C)(F)C[C@@H]1N[C@@](c2ccc(-c3ccc(S(C)(=O)=O)cc3)cc2)(C(F)(F)F)C#CCSC[C@@H](C#N)NC1=O. The van der Waals surface area contributed by atoms with Crippen LogP contribution in [0.15, 0.2) is 53.4 Å². The smallest absolute Gasteiger partial charge is 0.338 e. The highest BCUT2D eigenvalue weighted by atomic mass is 32.2. The molecule has 1 aliphatic rings. The summed E-state index contributed by atoms with van der Waals surface area (Å²) in [6, 6.07) is 10.4. The number of sulfone groups is 1. The Bertz CT molecular complexity index is 1400. The van der Waals surface area contributed by atoms with E-state index in [1.54, 1.807) is 12.1 Å². The minimum Gasteiger partial charge on any atom is -0.338 e. The van der Waals surface area contributed by atoms with E-state index >= 15 is 0 Å². The number of nitrogens with one attached hydrogen (secondary N) is 2. The second-order valence-electron chi connectivity index (χ2n) is 9.75. The molecule has 0 radical (unpaired) electrons. The lowest BCUT2D eigenvalue weighted by molar-refractivity contribution is -0.185. The van der Waals surface area contributed by atoms with Crippen molar-refractivity contribution in [2.45, 2.75) is 54.6 Å². The normalized spacial score (nSPS) is 23.0. The first-order valence-electron chi connectivity index (χ1n) is 11.8. The average molecular weight is 582 g/mol. The van der Waals surface area contributed by atoms with E-state index in [-0.39, 0.29) is 22.0 Å². The maximum Gasteiger partial charge on any atom is 0.422 e. The van der Waals surface area contributed by atoms with Crippen LogP contribution in [0.25, 0.3) is 11.1 Å². The molecule has 0 saturated heterocycles. The zero-order valence-electron chi connectivity index (χ0n) is 21.4. The predicted molar refractivity (Wildman–Crippen MR) is 142 cm³/mol. The number of nitriles is 1. The molecule has 2 aromatic rings. The molecule has 1 heterocycles. The van der Waals surface area contributed by atoms with Gasteiger partial charge in [-0.25, -0.2) is 12.8 Å². The highest BCUT2D eigenvalue weighted by Gasteiger charge is 2.57. The first-order valence-corrected chi connectivity index (χ1v) is 14.8. The quantitative estimate of drug-likeness (QED) is 0.402. The van der Waals surface area contributed by atoms with E-state index in [1.165, 1.54) is 36.4 Å². The van der Waals surface area contributed by atoms with Gasteiger partial charge in [0.15, 0.2) is 9.84 Å².